The minimum atomic E-state index is -0.621. The number of rotatable bonds is 5. The number of halogens is 4. The number of allylic oxidation sites excluding steroid dienone is 1. The van der Waals surface area contributed by atoms with Crippen LogP contribution in [0.25, 0.3) is 28.3 Å². The number of hydrogen-bond acceptors (Lipinski definition) is 0. The van der Waals surface area contributed by atoms with Gasteiger partial charge in [-0.3, -0.25) is 0 Å². The van der Waals surface area contributed by atoms with Gasteiger partial charge in [0, 0.05) is 0 Å². The fourth-order valence-corrected chi connectivity index (χ4v) is 16.7. The molecule has 0 aliphatic heterocycles. The van der Waals surface area contributed by atoms with Gasteiger partial charge in [0.05, 0.1) is 0 Å². The van der Waals surface area contributed by atoms with Crippen LogP contribution in [0.3, 0.4) is 0 Å². The molecule has 0 aromatic heterocycles. The van der Waals surface area contributed by atoms with Crippen LogP contribution in [-0.2, 0) is 22.4 Å². The second-order valence-electron chi connectivity index (χ2n) is 10.1. The zero-order chi connectivity index (χ0) is 25.0. The Balaban J connectivity index is 0.00000168. The summed E-state index contributed by atoms with van der Waals surface area (Å²) in [5.74, 6) is -0.337. The Morgan fingerprint density at radius 3 is 1.97 bits per heavy atom. The molecule has 0 saturated heterocycles. The number of hydrogen-bond donors (Lipinski definition) is 0. The molecule has 6 heteroatoms. The van der Waals surface area contributed by atoms with E-state index >= 15 is 0 Å². The Bertz CT molecular complexity index is 1510. The summed E-state index contributed by atoms with van der Waals surface area (Å²) < 4.78 is 0.658. The Labute approximate surface area is 260 Å². The molecule has 0 nitrogen and oxygen atoms in total. The number of benzene rings is 4. The maximum absolute atomic E-state index is 6.69. The quantitative estimate of drug-likeness (QED) is 0.284. The van der Waals surface area contributed by atoms with Crippen LogP contribution in [0.1, 0.15) is 50.7 Å². The van der Waals surface area contributed by atoms with Crippen molar-refractivity contribution in [2.45, 2.75) is 36.0 Å². The van der Waals surface area contributed by atoms with E-state index in [0.717, 1.165) is 17.5 Å². The van der Waals surface area contributed by atoms with Crippen LogP contribution in [0.4, 0.5) is 0 Å². The SMILES string of the molecule is CCC1=Cc2c(-c3c(Cl)cccc3Cl)cccc2C1c1cccc2c1[CH]([Zr+2][SiH](C)C)c1ccccc1-2.[Cl-].[Cl-]. The summed E-state index contributed by atoms with van der Waals surface area (Å²) in [4.78, 5) is 0. The maximum Gasteiger partial charge on any atom is -1.00 e. The molecule has 0 fully saturated rings. The summed E-state index contributed by atoms with van der Waals surface area (Å²) in [6.07, 6.45) is 3.44. The van der Waals surface area contributed by atoms with Gasteiger partial charge in [0.1, 0.15) is 0 Å². The smallest absolute Gasteiger partial charge is 1.00 e. The van der Waals surface area contributed by atoms with Crippen molar-refractivity contribution in [2.75, 3.05) is 0 Å². The van der Waals surface area contributed by atoms with E-state index in [2.05, 4.69) is 86.8 Å². The molecular formula is C32H28Cl4SiZr. The molecule has 2 aliphatic carbocycles. The van der Waals surface area contributed by atoms with Crippen LogP contribution in [0, 0.1) is 0 Å². The first-order chi connectivity index (χ1) is 17.5. The maximum atomic E-state index is 6.69. The summed E-state index contributed by atoms with van der Waals surface area (Å²) in [5.41, 5.74) is 13.9. The van der Waals surface area contributed by atoms with E-state index in [9.17, 15) is 0 Å². The third-order valence-corrected chi connectivity index (χ3v) is 18.1. The van der Waals surface area contributed by atoms with E-state index < -0.39 is 28.3 Å². The fraction of sp³-hybridized carbons (Fsp3) is 0.188. The van der Waals surface area contributed by atoms with Crippen LogP contribution < -0.4 is 24.8 Å². The first-order valence-electron chi connectivity index (χ1n) is 12.8. The summed E-state index contributed by atoms with van der Waals surface area (Å²) in [5, 5.41) is 1.41. The molecule has 0 spiro atoms. The van der Waals surface area contributed by atoms with E-state index in [1.165, 1.54) is 33.4 Å². The molecule has 4 aromatic rings. The van der Waals surface area contributed by atoms with Crippen LogP contribution in [0.2, 0.25) is 23.1 Å². The first kappa shape index (κ1) is 29.9. The largest absolute Gasteiger partial charge is 1.00 e. The zero-order valence-corrected chi connectivity index (χ0v) is 28.2. The van der Waals surface area contributed by atoms with Crippen molar-refractivity contribution in [1.29, 1.82) is 0 Å². The second-order valence-corrected chi connectivity index (χ2v) is 25.9. The van der Waals surface area contributed by atoms with Gasteiger partial charge >= 0.3 is 238 Å². The fourth-order valence-electron chi connectivity index (χ4n) is 6.16. The van der Waals surface area contributed by atoms with Crippen LogP contribution in [-0.4, -0.2) is 5.92 Å². The molecular weight excluding hydrogens is 645 g/mol. The molecule has 2 atom stereocenters. The molecule has 2 unspecified atom stereocenters. The normalized spacial score (nSPS) is 16.5. The summed E-state index contributed by atoms with van der Waals surface area (Å²) in [7, 11) is 0. The molecule has 0 heterocycles. The van der Waals surface area contributed by atoms with Crippen molar-refractivity contribution in [3.8, 4) is 22.3 Å². The standard InChI is InChI=1S/C30H21Cl2.C2H7Si.2ClH.Zr/c1-2-18-16-26-23(12-6-13-24(26)30-27(31)14-7-15-28(30)32)29(18)22-11-5-10-21-20-9-4-3-8-19(20)17-25(21)22;1-3-2;;;/h3-17,29H,2H2,1H3;3H,1-2H3;2*1H;/q;;;;+2/p-2. The van der Waals surface area contributed by atoms with E-state index in [0.29, 0.717) is 13.7 Å². The Hall–Kier alpha value is -1.12. The third-order valence-electron chi connectivity index (χ3n) is 7.59. The molecule has 0 N–H and O–H groups in total. The van der Waals surface area contributed by atoms with Crippen molar-refractivity contribution in [3.63, 3.8) is 0 Å². The average Bonchev–Trinajstić information content (AvgIpc) is 3.40. The van der Waals surface area contributed by atoms with E-state index in [1.807, 2.05) is 18.2 Å². The van der Waals surface area contributed by atoms with Crippen molar-refractivity contribution >= 4 is 35.2 Å². The van der Waals surface area contributed by atoms with Crippen molar-refractivity contribution in [3.05, 3.63) is 122 Å². The van der Waals surface area contributed by atoms with Crippen LogP contribution >= 0.6 is 23.2 Å². The van der Waals surface area contributed by atoms with Gasteiger partial charge in [-0.15, -0.1) is 0 Å². The van der Waals surface area contributed by atoms with E-state index in [4.69, 9.17) is 23.2 Å². The van der Waals surface area contributed by atoms with Gasteiger partial charge in [-0.25, -0.2) is 0 Å². The third kappa shape index (κ3) is 4.96. The van der Waals surface area contributed by atoms with Gasteiger partial charge in [-0.1, -0.05) is 0 Å². The van der Waals surface area contributed by atoms with Gasteiger partial charge in [0.2, 0.25) is 0 Å². The van der Waals surface area contributed by atoms with Gasteiger partial charge in [0.25, 0.3) is 0 Å². The molecule has 0 radical (unpaired) electrons. The Morgan fingerprint density at radius 2 is 1.29 bits per heavy atom. The zero-order valence-electron chi connectivity index (χ0n) is 21.5. The van der Waals surface area contributed by atoms with Crippen molar-refractivity contribution in [1.82, 2.24) is 0 Å². The predicted octanol–water partition coefficient (Wildman–Crippen LogP) is 3.74. The monoisotopic (exact) mass is 670 g/mol. The predicted molar refractivity (Wildman–Crippen MR) is 155 cm³/mol. The van der Waals surface area contributed by atoms with Crippen LogP contribution in [0.15, 0.2) is 84.4 Å². The topological polar surface area (TPSA) is 0 Å². The molecule has 4 aromatic carbocycles. The summed E-state index contributed by atoms with van der Waals surface area (Å²) >= 11 is 12.8. The van der Waals surface area contributed by atoms with Gasteiger partial charge < -0.3 is 24.8 Å². The molecule has 0 saturated carbocycles. The second kappa shape index (κ2) is 12.2. The molecule has 192 valence electrons. The van der Waals surface area contributed by atoms with E-state index in [-0.39, 0.29) is 30.7 Å². The van der Waals surface area contributed by atoms with Gasteiger partial charge in [-0.2, -0.15) is 0 Å². The molecule has 6 rings (SSSR count). The molecule has 0 amide bonds. The number of fused-ring (bicyclic) bond motifs is 4. The summed E-state index contributed by atoms with van der Waals surface area (Å²) in [6.45, 7) is 7.40. The van der Waals surface area contributed by atoms with Crippen molar-refractivity contribution < 1.29 is 47.2 Å². The van der Waals surface area contributed by atoms with Gasteiger partial charge in [0.15, 0.2) is 0 Å². The molecule has 2 aliphatic rings. The minimum Gasteiger partial charge on any atom is -1.00 e. The minimum absolute atomic E-state index is 0. The Morgan fingerprint density at radius 1 is 0.711 bits per heavy atom. The van der Waals surface area contributed by atoms with Crippen molar-refractivity contribution in [2.24, 2.45) is 0 Å². The van der Waals surface area contributed by atoms with Gasteiger partial charge in [-0.05, 0) is 0 Å². The average molecular weight is 674 g/mol. The van der Waals surface area contributed by atoms with Crippen LogP contribution in [0.5, 0.6) is 0 Å². The Kier molecular flexibility index (Phi) is 9.56. The molecule has 0 bridgehead atoms. The molecule has 38 heavy (non-hydrogen) atoms. The summed E-state index contributed by atoms with van der Waals surface area (Å²) in [6, 6.07) is 28.7. The van der Waals surface area contributed by atoms with E-state index in [1.54, 1.807) is 11.1 Å². The first-order valence-corrected chi connectivity index (χ1v) is 22.1.